The summed E-state index contributed by atoms with van der Waals surface area (Å²) in [6.45, 7) is 1.43. The van der Waals surface area contributed by atoms with E-state index in [-0.39, 0.29) is 5.78 Å². The van der Waals surface area contributed by atoms with Crippen molar-refractivity contribution in [2.75, 3.05) is 12.0 Å². The molecular weight excluding hydrogens is 452 g/mol. The number of ketones is 1. The van der Waals surface area contributed by atoms with Gasteiger partial charge in [-0.3, -0.25) is 19.7 Å². The Morgan fingerprint density at radius 3 is 2.41 bits per heavy atom. The van der Waals surface area contributed by atoms with E-state index in [1.165, 1.54) is 31.4 Å². The Balaban J connectivity index is 1.71. The van der Waals surface area contributed by atoms with E-state index in [0.717, 1.165) is 9.78 Å². The maximum absolute atomic E-state index is 14.0. The maximum Gasteiger partial charge on any atom is 0.331 e. The van der Waals surface area contributed by atoms with Gasteiger partial charge in [0.15, 0.2) is 11.3 Å². The van der Waals surface area contributed by atoms with Crippen LogP contribution in [0, 0.1) is 11.8 Å². The zero-order valence-corrected chi connectivity index (χ0v) is 19.4. The number of carbonyl (C=O) groups is 4. The first kappa shape index (κ1) is 22.2. The summed E-state index contributed by atoms with van der Waals surface area (Å²) in [4.78, 5) is 55.1. The Morgan fingerprint density at radius 1 is 1.00 bits per heavy atom. The van der Waals surface area contributed by atoms with Gasteiger partial charge in [-0.05, 0) is 36.1 Å². The molecule has 1 N–H and O–H groups in total. The quantitative estimate of drug-likeness (QED) is 0.346. The molecule has 7 nitrogen and oxygen atoms in total. The van der Waals surface area contributed by atoms with Crippen molar-refractivity contribution < 1.29 is 23.9 Å². The number of carbonyl (C=O) groups excluding carboxylic acids is 4. The van der Waals surface area contributed by atoms with Crippen LogP contribution in [0.2, 0.25) is 0 Å². The molecule has 0 saturated carbocycles. The fourth-order valence-electron chi connectivity index (χ4n) is 5.17. The zero-order valence-electron chi connectivity index (χ0n) is 18.6. The summed E-state index contributed by atoms with van der Waals surface area (Å²) < 4.78 is 5.22. The van der Waals surface area contributed by atoms with Crippen molar-refractivity contribution in [2.45, 2.75) is 18.5 Å². The van der Waals surface area contributed by atoms with Crippen molar-refractivity contribution in [3.05, 3.63) is 88.1 Å². The Hall–Kier alpha value is -3.62. The Labute approximate surface area is 200 Å². The number of imide groups is 1. The van der Waals surface area contributed by atoms with E-state index < -0.39 is 41.2 Å². The average molecular weight is 475 g/mol. The number of rotatable bonds is 5. The summed E-state index contributed by atoms with van der Waals surface area (Å²) >= 11 is 1.45. The number of esters is 1. The molecule has 3 aromatic rings. The molecule has 4 atom stereocenters. The summed E-state index contributed by atoms with van der Waals surface area (Å²) in [5, 5.41) is 5.24. The van der Waals surface area contributed by atoms with Crippen LogP contribution in [0.3, 0.4) is 0 Å². The number of benzene rings is 2. The standard InChI is InChI=1S/C26H22N2O5S/c1-15(29)16-8-6-11-18(14-16)28-23(30)20-21(24(28)31)26(25(32)33-2,17-9-4-3-5-10-17)27-22(20)19-12-7-13-34-19/h3-14,20-22,27H,1-2H3/t20-,21-,22+,26+/m0/s1. The minimum absolute atomic E-state index is 0.174. The molecular formula is C26H22N2O5S. The Kier molecular flexibility index (Phi) is 5.42. The van der Waals surface area contributed by atoms with E-state index in [2.05, 4.69) is 5.32 Å². The lowest BCUT2D eigenvalue weighted by Gasteiger charge is -2.32. The fraction of sp³-hybridized carbons (Fsp3) is 0.231. The fourth-order valence-corrected chi connectivity index (χ4v) is 5.99. The topological polar surface area (TPSA) is 92.8 Å². The van der Waals surface area contributed by atoms with E-state index in [4.69, 9.17) is 4.74 Å². The van der Waals surface area contributed by atoms with E-state index in [0.29, 0.717) is 16.8 Å². The van der Waals surface area contributed by atoms with Gasteiger partial charge in [0.05, 0.1) is 30.7 Å². The molecule has 8 heteroatoms. The van der Waals surface area contributed by atoms with Crippen molar-refractivity contribution >= 4 is 40.6 Å². The van der Waals surface area contributed by atoms with Gasteiger partial charge >= 0.3 is 5.97 Å². The molecule has 2 aliphatic heterocycles. The van der Waals surface area contributed by atoms with Gasteiger partial charge in [-0.25, -0.2) is 9.69 Å². The largest absolute Gasteiger partial charge is 0.467 e. The minimum Gasteiger partial charge on any atom is -0.467 e. The van der Waals surface area contributed by atoms with E-state index in [9.17, 15) is 19.2 Å². The molecule has 2 fully saturated rings. The van der Waals surface area contributed by atoms with Crippen LogP contribution in [0.25, 0.3) is 0 Å². The van der Waals surface area contributed by atoms with Crippen molar-refractivity contribution in [1.29, 1.82) is 0 Å². The molecule has 0 bridgehead atoms. The number of fused-ring (bicyclic) bond motifs is 1. The number of methoxy groups -OCH3 is 1. The molecule has 2 amide bonds. The molecule has 0 radical (unpaired) electrons. The van der Waals surface area contributed by atoms with Gasteiger partial charge in [0.25, 0.3) is 0 Å². The molecule has 1 aromatic heterocycles. The Bertz CT molecular complexity index is 1290. The number of hydrogen-bond donors (Lipinski definition) is 1. The molecule has 34 heavy (non-hydrogen) atoms. The predicted molar refractivity (Wildman–Crippen MR) is 126 cm³/mol. The van der Waals surface area contributed by atoms with Crippen LogP contribution >= 0.6 is 11.3 Å². The lowest BCUT2D eigenvalue weighted by molar-refractivity contribution is -0.152. The van der Waals surface area contributed by atoms with Gasteiger partial charge in [0.1, 0.15) is 0 Å². The smallest absolute Gasteiger partial charge is 0.331 e. The van der Waals surface area contributed by atoms with Crippen LogP contribution in [0.15, 0.2) is 72.1 Å². The summed E-state index contributed by atoms with van der Waals surface area (Å²) in [5.74, 6) is -3.57. The molecule has 2 aliphatic rings. The molecule has 172 valence electrons. The van der Waals surface area contributed by atoms with Crippen molar-refractivity contribution in [3.8, 4) is 0 Å². The van der Waals surface area contributed by atoms with Crippen molar-refractivity contribution in [2.24, 2.45) is 11.8 Å². The number of nitrogens with one attached hydrogen (secondary N) is 1. The summed E-state index contributed by atoms with van der Waals surface area (Å²) in [5.41, 5.74) is -0.287. The normalized spacial score (nSPS) is 25.9. The van der Waals surface area contributed by atoms with Gasteiger partial charge in [-0.1, -0.05) is 48.5 Å². The van der Waals surface area contributed by atoms with Crippen molar-refractivity contribution in [1.82, 2.24) is 5.32 Å². The number of amides is 2. The first-order valence-electron chi connectivity index (χ1n) is 10.8. The molecule has 5 rings (SSSR count). The number of nitrogens with zero attached hydrogens (tertiary/aromatic N) is 1. The molecule has 0 unspecified atom stereocenters. The van der Waals surface area contributed by atoms with Gasteiger partial charge in [-0.2, -0.15) is 0 Å². The second kappa shape index (κ2) is 8.30. The highest BCUT2D eigenvalue weighted by Gasteiger charge is 2.69. The average Bonchev–Trinajstić information content (AvgIpc) is 3.56. The SMILES string of the molecule is COC(=O)[C@]1(c2ccccc2)N[C@H](c2cccs2)[C@H]2C(=O)N(c3cccc(C(C)=O)c3)C(=O)[C@H]21. The first-order valence-corrected chi connectivity index (χ1v) is 11.7. The lowest BCUT2D eigenvalue weighted by Crippen LogP contribution is -2.53. The second-order valence-corrected chi connectivity index (χ2v) is 9.40. The van der Waals surface area contributed by atoms with Crippen LogP contribution in [0.5, 0.6) is 0 Å². The minimum atomic E-state index is -1.55. The summed E-state index contributed by atoms with van der Waals surface area (Å²) in [6.07, 6.45) is 0. The van der Waals surface area contributed by atoms with E-state index >= 15 is 0 Å². The number of hydrogen-bond acceptors (Lipinski definition) is 7. The second-order valence-electron chi connectivity index (χ2n) is 8.42. The van der Waals surface area contributed by atoms with E-state index in [1.807, 2.05) is 23.6 Å². The molecule has 0 aliphatic carbocycles. The first-order chi connectivity index (χ1) is 16.4. The highest BCUT2D eigenvalue weighted by molar-refractivity contribution is 7.10. The third-order valence-electron chi connectivity index (χ3n) is 6.66. The number of thiophene rings is 1. The van der Waals surface area contributed by atoms with Crippen LogP contribution in [0.1, 0.15) is 33.8 Å². The highest BCUT2D eigenvalue weighted by Crippen LogP contribution is 2.54. The third-order valence-corrected chi connectivity index (χ3v) is 7.61. The number of Topliss-reactive ketones (excluding diaryl/α,β-unsaturated/α-hetero) is 1. The third kappa shape index (κ3) is 3.13. The predicted octanol–water partition coefficient (Wildman–Crippen LogP) is 3.47. The van der Waals surface area contributed by atoms with Crippen LogP contribution in [-0.4, -0.2) is 30.7 Å². The number of ether oxygens (including phenoxy) is 1. The maximum atomic E-state index is 14.0. The number of anilines is 1. The van der Waals surface area contributed by atoms with Gasteiger partial charge in [0.2, 0.25) is 11.8 Å². The lowest BCUT2D eigenvalue weighted by atomic mass is 9.75. The van der Waals surface area contributed by atoms with Gasteiger partial charge in [-0.15, -0.1) is 11.3 Å². The van der Waals surface area contributed by atoms with Crippen molar-refractivity contribution in [3.63, 3.8) is 0 Å². The highest BCUT2D eigenvalue weighted by atomic mass is 32.1. The molecule has 2 aromatic carbocycles. The molecule has 0 spiro atoms. The van der Waals surface area contributed by atoms with Crippen LogP contribution in [-0.2, 0) is 24.7 Å². The summed E-state index contributed by atoms with van der Waals surface area (Å²) in [6, 6.07) is 18.5. The Morgan fingerprint density at radius 2 is 1.76 bits per heavy atom. The van der Waals surface area contributed by atoms with Crippen LogP contribution < -0.4 is 10.2 Å². The monoisotopic (exact) mass is 474 g/mol. The zero-order chi connectivity index (χ0) is 24.0. The van der Waals surface area contributed by atoms with E-state index in [1.54, 1.807) is 42.5 Å². The van der Waals surface area contributed by atoms with Crippen LogP contribution in [0.4, 0.5) is 5.69 Å². The van der Waals surface area contributed by atoms with Gasteiger partial charge < -0.3 is 4.74 Å². The summed E-state index contributed by atoms with van der Waals surface area (Å²) in [7, 11) is 1.28. The molecule has 3 heterocycles. The van der Waals surface area contributed by atoms with Gasteiger partial charge in [0, 0.05) is 10.4 Å². The molecule has 2 saturated heterocycles.